The summed E-state index contributed by atoms with van der Waals surface area (Å²) in [6.07, 6.45) is 0.849. The van der Waals surface area contributed by atoms with Crippen molar-refractivity contribution in [1.82, 2.24) is 20.6 Å². The number of ether oxygens (including phenoxy) is 2. The Bertz CT molecular complexity index is 1370. The van der Waals surface area contributed by atoms with Crippen LogP contribution in [0.2, 0.25) is 0 Å². The van der Waals surface area contributed by atoms with Crippen LogP contribution in [0.1, 0.15) is 35.4 Å². The molecule has 0 radical (unpaired) electrons. The molecule has 0 bridgehead atoms. The number of para-hydroxylation sites is 1. The molecule has 4 rings (SSSR count). The van der Waals surface area contributed by atoms with Crippen LogP contribution in [0.25, 0.3) is 11.3 Å². The number of hydrogen-bond acceptors (Lipinski definition) is 6. The van der Waals surface area contributed by atoms with Crippen molar-refractivity contribution in [2.24, 2.45) is 0 Å². The van der Waals surface area contributed by atoms with Crippen molar-refractivity contribution in [3.05, 3.63) is 107 Å². The minimum Gasteiger partial charge on any atom is -0.488 e. The van der Waals surface area contributed by atoms with Crippen LogP contribution in [0.4, 0.5) is 0 Å². The standard InChI is InChI=1S/C29H31N5O4/c1-3-37-29(28(35)31-17-21-13-15-23(16-14-21)27(30)33-36)34-18-20(2)26(32-34)24-11-7-8-12-25(24)38-19-22-9-5-4-6-10-22/h4-16,18,29,36H,3,17,19H2,1-2H3,(H2,30,33)(H,31,35)/t29-/m0/s1. The fraction of sp³-hybridized carbons (Fsp3) is 0.207. The zero-order chi connectivity index (χ0) is 26.9. The summed E-state index contributed by atoms with van der Waals surface area (Å²) in [5, 5.41) is 24.1. The first-order valence-electron chi connectivity index (χ1n) is 12.3. The predicted octanol–water partition coefficient (Wildman–Crippen LogP) is 4.59. The fourth-order valence-corrected chi connectivity index (χ4v) is 3.95. The van der Waals surface area contributed by atoms with Crippen LogP contribution in [0.3, 0.4) is 0 Å². The summed E-state index contributed by atoms with van der Waals surface area (Å²) in [4.78, 5) is 13.1. The first-order valence-corrected chi connectivity index (χ1v) is 12.3. The summed E-state index contributed by atoms with van der Waals surface area (Å²) in [5.74, 6) is 0.271. The lowest BCUT2D eigenvalue weighted by atomic mass is 10.1. The summed E-state index contributed by atoms with van der Waals surface area (Å²) in [6, 6.07) is 24.6. The molecule has 0 aliphatic carbocycles. The SMILES string of the molecule is CCO[C@@H](C(=O)NCc1ccc(C(=N)NO)cc1)n1cc(C)c(-c2ccccc2OCc2ccccc2)n1. The Morgan fingerprint density at radius 3 is 2.45 bits per heavy atom. The zero-order valence-electron chi connectivity index (χ0n) is 21.3. The van der Waals surface area contributed by atoms with Crippen LogP contribution in [0.5, 0.6) is 5.75 Å². The molecular formula is C29H31N5O4. The average molecular weight is 514 g/mol. The van der Waals surface area contributed by atoms with Crippen LogP contribution in [-0.2, 0) is 22.7 Å². The van der Waals surface area contributed by atoms with Gasteiger partial charge in [0.1, 0.15) is 18.2 Å². The molecule has 0 unspecified atom stereocenters. The first kappa shape index (κ1) is 26.6. The van der Waals surface area contributed by atoms with Crippen molar-refractivity contribution in [3.63, 3.8) is 0 Å². The van der Waals surface area contributed by atoms with Crippen molar-refractivity contribution >= 4 is 11.7 Å². The number of hydroxylamine groups is 1. The van der Waals surface area contributed by atoms with Gasteiger partial charge in [0.05, 0.1) is 5.69 Å². The van der Waals surface area contributed by atoms with Gasteiger partial charge in [0, 0.05) is 30.5 Å². The number of hydrogen-bond donors (Lipinski definition) is 4. The van der Waals surface area contributed by atoms with E-state index in [2.05, 4.69) is 5.32 Å². The van der Waals surface area contributed by atoms with E-state index in [0.29, 0.717) is 30.2 Å². The molecule has 1 heterocycles. The normalized spacial score (nSPS) is 11.6. The van der Waals surface area contributed by atoms with Gasteiger partial charge in [0.25, 0.3) is 5.91 Å². The van der Waals surface area contributed by atoms with Crippen molar-refractivity contribution in [3.8, 4) is 17.0 Å². The Kier molecular flexibility index (Phi) is 8.86. The largest absolute Gasteiger partial charge is 0.488 e. The molecule has 0 saturated heterocycles. The highest BCUT2D eigenvalue weighted by Gasteiger charge is 2.24. The van der Waals surface area contributed by atoms with Gasteiger partial charge in [-0.15, -0.1) is 0 Å². The lowest BCUT2D eigenvalue weighted by Crippen LogP contribution is -2.34. The molecule has 0 fully saturated rings. The van der Waals surface area contributed by atoms with Gasteiger partial charge in [-0.25, -0.2) is 4.68 Å². The van der Waals surface area contributed by atoms with E-state index in [-0.39, 0.29) is 18.3 Å². The maximum absolute atomic E-state index is 13.1. The topological polar surface area (TPSA) is 121 Å². The van der Waals surface area contributed by atoms with Gasteiger partial charge in [-0.2, -0.15) is 5.10 Å². The molecule has 0 aliphatic rings. The molecule has 3 aromatic carbocycles. The lowest BCUT2D eigenvalue weighted by molar-refractivity contribution is -0.139. The smallest absolute Gasteiger partial charge is 0.272 e. The summed E-state index contributed by atoms with van der Waals surface area (Å²) in [5.41, 5.74) is 6.67. The molecule has 38 heavy (non-hydrogen) atoms. The zero-order valence-corrected chi connectivity index (χ0v) is 21.3. The number of amides is 1. The molecule has 1 amide bonds. The Hall–Kier alpha value is -4.47. The molecule has 1 atom stereocenters. The summed E-state index contributed by atoms with van der Waals surface area (Å²) in [7, 11) is 0. The highest BCUT2D eigenvalue weighted by Crippen LogP contribution is 2.32. The van der Waals surface area contributed by atoms with E-state index in [1.54, 1.807) is 30.5 Å². The van der Waals surface area contributed by atoms with Crippen LogP contribution in [-0.4, -0.2) is 33.3 Å². The van der Waals surface area contributed by atoms with Crippen molar-refractivity contribution in [1.29, 1.82) is 5.41 Å². The van der Waals surface area contributed by atoms with E-state index in [1.165, 1.54) is 4.68 Å². The van der Waals surface area contributed by atoms with E-state index >= 15 is 0 Å². The number of aryl methyl sites for hydroxylation is 1. The second kappa shape index (κ2) is 12.7. The molecule has 4 N–H and O–H groups in total. The Morgan fingerprint density at radius 1 is 1.03 bits per heavy atom. The number of carbonyl (C=O) groups excluding carboxylic acids is 1. The Labute approximate surface area is 221 Å². The van der Waals surface area contributed by atoms with Crippen LogP contribution >= 0.6 is 0 Å². The van der Waals surface area contributed by atoms with Gasteiger partial charge in [0.15, 0.2) is 0 Å². The minimum atomic E-state index is -0.948. The van der Waals surface area contributed by atoms with Crippen molar-refractivity contribution < 1.29 is 19.5 Å². The third-order valence-electron chi connectivity index (χ3n) is 5.90. The predicted molar refractivity (Wildman–Crippen MR) is 144 cm³/mol. The maximum Gasteiger partial charge on any atom is 0.272 e. The van der Waals surface area contributed by atoms with Crippen LogP contribution in [0, 0.1) is 12.3 Å². The molecule has 1 aromatic heterocycles. The number of amidine groups is 1. The van der Waals surface area contributed by atoms with Crippen LogP contribution in [0.15, 0.2) is 85.1 Å². The van der Waals surface area contributed by atoms with Crippen LogP contribution < -0.4 is 15.5 Å². The highest BCUT2D eigenvalue weighted by molar-refractivity contribution is 5.95. The second-order valence-electron chi connectivity index (χ2n) is 8.62. The number of rotatable bonds is 11. The van der Waals surface area contributed by atoms with E-state index in [4.69, 9.17) is 25.2 Å². The van der Waals surface area contributed by atoms with Crippen molar-refractivity contribution in [2.45, 2.75) is 33.2 Å². The maximum atomic E-state index is 13.1. The molecule has 9 heteroatoms. The van der Waals surface area contributed by atoms with E-state index in [0.717, 1.165) is 22.3 Å². The van der Waals surface area contributed by atoms with Gasteiger partial charge in [-0.1, -0.05) is 66.7 Å². The number of benzene rings is 3. The quantitative estimate of drug-likeness (QED) is 0.132. The van der Waals surface area contributed by atoms with E-state index < -0.39 is 6.23 Å². The third kappa shape index (κ3) is 6.44. The number of nitrogens with one attached hydrogen (secondary N) is 3. The van der Waals surface area contributed by atoms with Gasteiger partial charge in [0.2, 0.25) is 6.23 Å². The van der Waals surface area contributed by atoms with Gasteiger partial charge < -0.3 is 14.8 Å². The molecule has 0 aliphatic heterocycles. The third-order valence-corrected chi connectivity index (χ3v) is 5.90. The highest BCUT2D eigenvalue weighted by atomic mass is 16.5. The van der Waals surface area contributed by atoms with Gasteiger partial charge >= 0.3 is 0 Å². The number of carbonyl (C=O) groups is 1. The molecule has 0 spiro atoms. The monoisotopic (exact) mass is 513 g/mol. The summed E-state index contributed by atoms with van der Waals surface area (Å²) >= 11 is 0. The molecule has 9 nitrogen and oxygen atoms in total. The summed E-state index contributed by atoms with van der Waals surface area (Å²) < 4.78 is 13.4. The van der Waals surface area contributed by atoms with Crippen molar-refractivity contribution in [2.75, 3.05) is 6.61 Å². The van der Waals surface area contributed by atoms with Gasteiger partial charge in [-0.3, -0.25) is 20.9 Å². The molecule has 196 valence electrons. The van der Waals surface area contributed by atoms with E-state index in [9.17, 15) is 4.79 Å². The Morgan fingerprint density at radius 2 is 1.74 bits per heavy atom. The lowest BCUT2D eigenvalue weighted by Gasteiger charge is -2.17. The average Bonchev–Trinajstić information content (AvgIpc) is 3.34. The summed E-state index contributed by atoms with van der Waals surface area (Å²) in [6.45, 7) is 4.79. The number of aromatic nitrogens is 2. The fourth-order valence-electron chi connectivity index (χ4n) is 3.95. The van der Waals surface area contributed by atoms with E-state index in [1.807, 2.05) is 73.9 Å². The number of nitrogens with zero attached hydrogens (tertiary/aromatic N) is 2. The second-order valence-corrected chi connectivity index (χ2v) is 8.62. The Balaban J connectivity index is 1.49. The van der Waals surface area contributed by atoms with Gasteiger partial charge in [-0.05, 0) is 42.7 Å². The first-order chi connectivity index (χ1) is 18.5. The minimum absolute atomic E-state index is 0.103. The molecule has 4 aromatic rings. The molecular weight excluding hydrogens is 482 g/mol. The molecule has 0 saturated carbocycles.